The number of Topliss-reactive ketones (excluding diaryl/α,β-unsaturated/α-hetero) is 1. The van der Waals surface area contributed by atoms with Gasteiger partial charge in [-0.25, -0.2) is 15.0 Å². The zero-order valence-corrected chi connectivity index (χ0v) is 28.4. The lowest BCUT2D eigenvalue weighted by Gasteiger charge is -2.32. The summed E-state index contributed by atoms with van der Waals surface area (Å²) in [5, 5.41) is 12.0. The third kappa shape index (κ3) is 6.26. The molecule has 0 saturated carbocycles. The summed E-state index contributed by atoms with van der Waals surface area (Å²) in [7, 11) is 0. The molecule has 4 aromatic heterocycles. The van der Waals surface area contributed by atoms with Gasteiger partial charge in [-0.15, -0.1) is 0 Å². The molecule has 5 aromatic rings. The summed E-state index contributed by atoms with van der Waals surface area (Å²) in [6, 6.07) is 2.57. The van der Waals surface area contributed by atoms with E-state index in [1.165, 1.54) is 19.3 Å². The molecule has 1 aromatic carbocycles. The van der Waals surface area contributed by atoms with Gasteiger partial charge >= 0.3 is 0 Å². The summed E-state index contributed by atoms with van der Waals surface area (Å²) in [5.74, 6) is 0.862. The summed E-state index contributed by atoms with van der Waals surface area (Å²) in [6.07, 6.45) is 7.10. The molecule has 0 aliphatic carbocycles. The van der Waals surface area contributed by atoms with Crippen molar-refractivity contribution in [3.8, 4) is 11.1 Å². The molecule has 5 heterocycles. The lowest BCUT2D eigenvalue weighted by molar-refractivity contribution is -0.139. The van der Waals surface area contributed by atoms with Crippen molar-refractivity contribution >= 4 is 50.2 Å². The second kappa shape index (κ2) is 12.4. The Morgan fingerprint density at radius 3 is 2.45 bits per heavy atom. The Morgan fingerprint density at radius 2 is 1.79 bits per heavy atom. The smallest absolute Gasteiger partial charge is 0.248 e. The number of aryl methyl sites for hydroxylation is 3. The molecule has 1 saturated heterocycles. The first kappa shape index (κ1) is 32.0. The van der Waals surface area contributed by atoms with Crippen molar-refractivity contribution in [2.24, 2.45) is 5.41 Å². The van der Waals surface area contributed by atoms with E-state index in [1.54, 1.807) is 28.9 Å². The molecule has 47 heavy (non-hydrogen) atoms. The van der Waals surface area contributed by atoms with E-state index in [0.29, 0.717) is 45.9 Å². The van der Waals surface area contributed by atoms with Crippen LogP contribution >= 0.6 is 15.9 Å². The Morgan fingerprint density at radius 1 is 1.04 bits per heavy atom. The zero-order valence-electron chi connectivity index (χ0n) is 26.8. The van der Waals surface area contributed by atoms with Crippen LogP contribution in [0.2, 0.25) is 0 Å². The molecule has 2 amide bonds. The van der Waals surface area contributed by atoms with E-state index in [-0.39, 0.29) is 29.7 Å². The quantitative estimate of drug-likeness (QED) is 0.227. The first-order valence-electron chi connectivity index (χ1n) is 15.0. The van der Waals surface area contributed by atoms with Crippen LogP contribution in [-0.4, -0.2) is 74.4 Å². The standard InChI is InChI=1S/C32H33BrN10O4/c1-16-7-21(22-11-35-19(4)36-12-22)8-23-29(17(2)44)40-42(30(16)23)15-28(45)43-18(3)32(6,10-27-37-20(5)41-47-27)9-24(43)31(46)39-26-14-34-13-25(33)38-26/h7-8,11-14,18,24H,9-10,15H2,1-6H3,(H,38,39,46)/t18-,24+,32-/m1/s1. The normalized spacial score (nSPS) is 19.3. The van der Waals surface area contributed by atoms with E-state index in [2.05, 4.69) is 56.4 Å². The number of ketones is 1. The second-order valence-electron chi connectivity index (χ2n) is 12.3. The number of aromatic nitrogens is 8. The van der Waals surface area contributed by atoms with Gasteiger partial charge in [0.2, 0.25) is 17.7 Å². The minimum absolute atomic E-state index is 0.196. The van der Waals surface area contributed by atoms with Gasteiger partial charge in [-0.2, -0.15) is 10.1 Å². The summed E-state index contributed by atoms with van der Waals surface area (Å²) >= 11 is 3.28. The number of fused-ring (bicyclic) bond motifs is 1. The molecular formula is C32H33BrN10O4. The maximum Gasteiger partial charge on any atom is 0.248 e. The van der Waals surface area contributed by atoms with Crippen LogP contribution in [-0.2, 0) is 22.6 Å². The number of benzene rings is 1. The summed E-state index contributed by atoms with van der Waals surface area (Å²) in [6.45, 7) is 10.6. The highest BCUT2D eigenvalue weighted by atomic mass is 79.9. The van der Waals surface area contributed by atoms with Gasteiger partial charge in [-0.1, -0.05) is 12.1 Å². The number of hydrogen-bond acceptors (Lipinski definition) is 11. The van der Waals surface area contributed by atoms with Gasteiger partial charge in [0, 0.05) is 42.7 Å². The van der Waals surface area contributed by atoms with Crippen LogP contribution < -0.4 is 5.32 Å². The van der Waals surface area contributed by atoms with E-state index in [0.717, 1.165) is 16.7 Å². The number of carbonyl (C=O) groups excluding carboxylic acids is 3. The Kier molecular flexibility index (Phi) is 8.42. The predicted octanol–water partition coefficient (Wildman–Crippen LogP) is 4.43. The van der Waals surface area contributed by atoms with E-state index in [4.69, 9.17) is 4.52 Å². The monoisotopic (exact) mass is 700 g/mol. The lowest BCUT2D eigenvalue weighted by Crippen LogP contribution is -2.48. The molecule has 0 bridgehead atoms. The molecule has 0 unspecified atom stereocenters. The number of nitrogens with one attached hydrogen (secondary N) is 1. The summed E-state index contributed by atoms with van der Waals surface area (Å²) in [5.41, 5.74) is 2.76. The van der Waals surface area contributed by atoms with E-state index >= 15 is 0 Å². The van der Waals surface area contributed by atoms with Gasteiger partial charge < -0.3 is 14.7 Å². The van der Waals surface area contributed by atoms with Crippen molar-refractivity contribution in [3.63, 3.8) is 0 Å². The van der Waals surface area contributed by atoms with Crippen molar-refractivity contribution in [2.75, 3.05) is 5.32 Å². The van der Waals surface area contributed by atoms with Crippen LogP contribution in [0, 0.1) is 26.2 Å². The highest BCUT2D eigenvalue weighted by Gasteiger charge is 2.52. The molecule has 6 rings (SSSR count). The highest BCUT2D eigenvalue weighted by Crippen LogP contribution is 2.43. The molecule has 242 valence electrons. The molecular weight excluding hydrogens is 668 g/mol. The molecule has 15 heteroatoms. The van der Waals surface area contributed by atoms with E-state index in [9.17, 15) is 14.4 Å². The fourth-order valence-corrected chi connectivity index (χ4v) is 6.64. The van der Waals surface area contributed by atoms with Gasteiger partial charge in [-0.05, 0) is 78.7 Å². The number of hydrogen-bond donors (Lipinski definition) is 1. The van der Waals surface area contributed by atoms with Gasteiger partial charge in [-0.3, -0.25) is 24.0 Å². The topological polar surface area (TPSA) is 175 Å². The molecule has 3 atom stereocenters. The highest BCUT2D eigenvalue weighted by molar-refractivity contribution is 9.10. The molecule has 1 aliphatic rings. The van der Waals surface area contributed by atoms with Crippen molar-refractivity contribution in [2.45, 2.75) is 73.0 Å². The Bertz CT molecular complexity index is 2020. The van der Waals surface area contributed by atoms with E-state index in [1.807, 2.05) is 39.8 Å². The summed E-state index contributed by atoms with van der Waals surface area (Å²) in [4.78, 5) is 63.9. The number of amides is 2. The Balaban J connectivity index is 1.36. The van der Waals surface area contributed by atoms with Crippen LogP contribution in [0.3, 0.4) is 0 Å². The number of likely N-dealkylation sites (tertiary alicyclic amines) is 1. The van der Waals surface area contributed by atoms with Crippen LogP contribution in [0.15, 0.2) is 46.0 Å². The minimum atomic E-state index is -0.851. The fraction of sp³-hybridized carbons (Fsp3) is 0.375. The van der Waals surface area contributed by atoms with Crippen LogP contribution in [0.1, 0.15) is 60.8 Å². The Labute approximate surface area is 278 Å². The minimum Gasteiger partial charge on any atom is -0.339 e. The average Bonchev–Trinajstić information content (AvgIpc) is 3.67. The number of anilines is 1. The third-order valence-corrected chi connectivity index (χ3v) is 9.14. The molecule has 14 nitrogen and oxygen atoms in total. The van der Waals surface area contributed by atoms with Crippen molar-refractivity contribution in [3.05, 3.63) is 70.3 Å². The molecule has 0 radical (unpaired) electrons. The third-order valence-electron chi connectivity index (χ3n) is 8.76. The maximum absolute atomic E-state index is 14.3. The van der Waals surface area contributed by atoms with Crippen molar-refractivity contribution in [1.29, 1.82) is 0 Å². The summed E-state index contributed by atoms with van der Waals surface area (Å²) < 4.78 is 7.44. The van der Waals surface area contributed by atoms with Gasteiger partial charge in [0.1, 0.15) is 28.7 Å². The largest absolute Gasteiger partial charge is 0.339 e. The molecule has 0 spiro atoms. The first-order valence-corrected chi connectivity index (χ1v) is 15.8. The van der Waals surface area contributed by atoms with Crippen LogP contribution in [0.4, 0.5) is 5.82 Å². The first-order chi connectivity index (χ1) is 22.3. The SMILES string of the molecule is CC(=O)c1nn(CC(=O)N2[C@H](C(=O)Nc3cncc(Br)n3)C[C@](C)(Cc3nc(C)no3)[C@H]2C)c2c(C)cc(-c3cnc(C)nc3)cc12. The zero-order chi connectivity index (χ0) is 33.6. The lowest BCUT2D eigenvalue weighted by atomic mass is 9.79. The average molecular weight is 702 g/mol. The molecule has 1 aliphatic heterocycles. The number of nitrogens with zero attached hydrogens (tertiary/aromatic N) is 9. The predicted molar refractivity (Wildman–Crippen MR) is 174 cm³/mol. The van der Waals surface area contributed by atoms with Crippen molar-refractivity contribution < 1.29 is 18.9 Å². The molecule has 1 fully saturated rings. The van der Waals surface area contributed by atoms with Gasteiger partial charge in [0.25, 0.3) is 0 Å². The Hall–Kier alpha value is -4.92. The van der Waals surface area contributed by atoms with Crippen molar-refractivity contribution in [1.82, 2.24) is 44.8 Å². The van der Waals surface area contributed by atoms with Crippen LogP contribution in [0.25, 0.3) is 22.0 Å². The fourth-order valence-electron chi connectivity index (χ4n) is 6.33. The number of halogens is 1. The molecule has 1 N–H and O–H groups in total. The van der Waals surface area contributed by atoms with Gasteiger partial charge in [0.05, 0.1) is 17.9 Å². The van der Waals surface area contributed by atoms with E-state index < -0.39 is 23.4 Å². The number of rotatable bonds is 8. The van der Waals surface area contributed by atoms with Gasteiger partial charge in [0.15, 0.2) is 17.4 Å². The van der Waals surface area contributed by atoms with Crippen LogP contribution in [0.5, 0.6) is 0 Å². The number of carbonyl (C=O) groups is 3. The second-order valence-corrected chi connectivity index (χ2v) is 13.1. The maximum atomic E-state index is 14.3.